The van der Waals surface area contributed by atoms with E-state index in [-0.39, 0.29) is 6.10 Å². The summed E-state index contributed by atoms with van der Waals surface area (Å²) in [7, 11) is 2.20. The summed E-state index contributed by atoms with van der Waals surface area (Å²) >= 11 is 0. The van der Waals surface area contributed by atoms with E-state index in [9.17, 15) is 5.11 Å². The Morgan fingerprint density at radius 3 is 2.67 bits per heavy atom. The predicted octanol–water partition coefficient (Wildman–Crippen LogP) is 2.23. The van der Waals surface area contributed by atoms with Gasteiger partial charge in [-0.05, 0) is 51.6 Å². The molecule has 0 bridgehead atoms. The minimum absolute atomic E-state index is 0.196. The van der Waals surface area contributed by atoms with Gasteiger partial charge in [0, 0.05) is 12.6 Å². The fraction of sp³-hybridized carbons (Fsp3) is 1.00. The van der Waals surface area contributed by atoms with Gasteiger partial charge < -0.3 is 15.7 Å². The van der Waals surface area contributed by atoms with Gasteiger partial charge in [0.1, 0.15) is 0 Å². The molecule has 0 spiro atoms. The van der Waals surface area contributed by atoms with E-state index in [1.807, 2.05) is 6.92 Å². The van der Waals surface area contributed by atoms with Crippen molar-refractivity contribution in [3.63, 3.8) is 0 Å². The Hall–Kier alpha value is -0.120. The first-order chi connectivity index (χ1) is 8.58. The van der Waals surface area contributed by atoms with Gasteiger partial charge in [-0.1, -0.05) is 26.2 Å². The average Bonchev–Trinajstić information content (AvgIpc) is 2.36. The van der Waals surface area contributed by atoms with E-state index in [0.29, 0.717) is 12.0 Å². The van der Waals surface area contributed by atoms with Crippen molar-refractivity contribution in [2.45, 2.75) is 64.5 Å². The highest BCUT2D eigenvalue weighted by Crippen LogP contribution is 2.33. The first-order valence-electron chi connectivity index (χ1n) is 7.66. The number of aliphatic hydroxyl groups excluding tert-OH is 1. The number of nitrogens with zero attached hydrogens (tertiary/aromatic N) is 1. The maximum Gasteiger partial charge on any atom is 0.0524 e. The number of nitrogens with two attached hydrogens (primary N) is 1. The lowest BCUT2D eigenvalue weighted by molar-refractivity contribution is 0.0835. The van der Waals surface area contributed by atoms with Crippen LogP contribution in [0.15, 0.2) is 0 Å². The molecule has 1 aliphatic rings. The van der Waals surface area contributed by atoms with Gasteiger partial charge in [0.25, 0.3) is 0 Å². The quantitative estimate of drug-likeness (QED) is 0.734. The molecule has 1 rings (SSSR count). The van der Waals surface area contributed by atoms with Gasteiger partial charge in [-0.2, -0.15) is 0 Å². The van der Waals surface area contributed by atoms with E-state index in [1.54, 1.807) is 0 Å². The van der Waals surface area contributed by atoms with Crippen LogP contribution in [0.25, 0.3) is 0 Å². The van der Waals surface area contributed by atoms with Crippen molar-refractivity contribution in [3.05, 3.63) is 0 Å². The summed E-state index contributed by atoms with van der Waals surface area (Å²) in [4.78, 5) is 2.44. The number of aliphatic hydroxyl groups is 1. The van der Waals surface area contributed by atoms with Crippen LogP contribution in [0, 0.1) is 11.8 Å². The molecule has 108 valence electrons. The molecular formula is C15H32N2O. The second kappa shape index (κ2) is 8.13. The molecule has 18 heavy (non-hydrogen) atoms. The van der Waals surface area contributed by atoms with Crippen LogP contribution in [0.2, 0.25) is 0 Å². The molecular weight excluding hydrogens is 224 g/mol. The van der Waals surface area contributed by atoms with Crippen molar-refractivity contribution >= 4 is 0 Å². The van der Waals surface area contributed by atoms with E-state index in [1.165, 1.54) is 32.1 Å². The SMILES string of the molecule is CCCC1CCC(CN)C(N(C)CCC(C)O)C1. The van der Waals surface area contributed by atoms with Crippen LogP contribution >= 0.6 is 0 Å². The monoisotopic (exact) mass is 256 g/mol. The maximum atomic E-state index is 9.41. The summed E-state index contributed by atoms with van der Waals surface area (Å²) in [5, 5.41) is 9.41. The van der Waals surface area contributed by atoms with E-state index < -0.39 is 0 Å². The second-order valence-electron chi connectivity index (χ2n) is 6.15. The largest absolute Gasteiger partial charge is 0.393 e. The van der Waals surface area contributed by atoms with Gasteiger partial charge >= 0.3 is 0 Å². The zero-order valence-electron chi connectivity index (χ0n) is 12.4. The molecule has 1 aliphatic carbocycles. The van der Waals surface area contributed by atoms with E-state index in [0.717, 1.165) is 25.4 Å². The van der Waals surface area contributed by atoms with E-state index >= 15 is 0 Å². The van der Waals surface area contributed by atoms with Crippen LogP contribution in [-0.4, -0.2) is 42.3 Å². The lowest BCUT2D eigenvalue weighted by Crippen LogP contribution is -2.45. The molecule has 0 radical (unpaired) electrons. The zero-order chi connectivity index (χ0) is 13.5. The third kappa shape index (κ3) is 4.87. The van der Waals surface area contributed by atoms with Gasteiger partial charge in [0.15, 0.2) is 0 Å². The summed E-state index contributed by atoms with van der Waals surface area (Å²) in [5.74, 6) is 1.54. The zero-order valence-corrected chi connectivity index (χ0v) is 12.4. The summed E-state index contributed by atoms with van der Waals surface area (Å²) in [6.45, 7) is 5.94. The molecule has 0 aromatic heterocycles. The highest BCUT2D eigenvalue weighted by atomic mass is 16.3. The van der Waals surface area contributed by atoms with Gasteiger partial charge in [0.05, 0.1) is 6.10 Å². The summed E-state index contributed by atoms with van der Waals surface area (Å²) in [6.07, 6.45) is 7.26. The van der Waals surface area contributed by atoms with Crippen LogP contribution in [0.3, 0.4) is 0 Å². The fourth-order valence-corrected chi connectivity index (χ4v) is 3.34. The molecule has 0 saturated heterocycles. The average molecular weight is 256 g/mol. The minimum atomic E-state index is -0.196. The molecule has 0 aromatic carbocycles. The van der Waals surface area contributed by atoms with Crippen molar-refractivity contribution in [1.29, 1.82) is 0 Å². The molecule has 4 atom stereocenters. The molecule has 3 N–H and O–H groups in total. The molecule has 3 nitrogen and oxygen atoms in total. The van der Waals surface area contributed by atoms with Gasteiger partial charge in [-0.15, -0.1) is 0 Å². The van der Waals surface area contributed by atoms with Gasteiger partial charge in [-0.25, -0.2) is 0 Å². The Labute approximate surface area is 113 Å². The van der Waals surface area contributed by atoms with Crippen molar-refractivity contribution in [2.75, 3.05) is 20.1 Å². The minimum Gasteiger partial charge on any atom is -0.393 e. The van der Waals surface area contributed by atoms with Gasteiger partial charge in [-0.3, -0.25) is 0 Å². The van der Waals surface area contributed by atoms with Crippen molar-refractivity contribution < 1.29 is 5.11 Å². The summed E-state index contributed by atoms with van der Waals surface area (Å²) < 4.78 is 0. The number of rotatable bonds is 7. The van der Waals surface area contributed by atoms with Crippen LogP contribution < -0.4 is 5.73 Å². The Balaban J connectivity index is 2.50. The van der Waals surface area contributed by atoms with E-state index in [2.05, 4.69) is 18.9 Å². The summed E-state index contributed by atoms with van der Waals surface area (Å²) in [6, 6.07) is 0.624. The molecule has 1 saturated carbocycles. The first kappa shape index (κ1) is 15.9. The molecule has 0 aliphatic heterocycles. The first-order valence-corrected chi connectivity index (χ1v) is 7.66. The van der Waals surface area contributed by atoms with Crippen molar-refractivity contribution in [1.82, 2.24) is 4.90 Å². The highest BCUT2D eigenvalue weighted by molar-refractivity contribution is 4.86. The molecule has 1 fully saturated rings. The Kier molecular flexibility index (Phi) is 7.20. The number of hydrogen-bond acceptors (Lipinski definition) is 3. The maximum absolute atomic E-state index is 9.41. The molecule has 0 heterocycles. The van der Waals surface area contributed by atoms with Crippen LogP contribution in [0.5, 0.6) is 0 Å². The predicted molar refractivity (Wildman–Crippen MR) is 77.5 cm³/mol. The van der Waals surface area contributed by atoms with Crippen molar-refractivity contribution in [2.24, 2.45) is 17.6 Å². The standard InChI is InChI=1S/C15H32N2O/c1-4-5-13-6-7-14(11-16)15(10-13)17(3)9-8-12(2)18/h12-15,18H,4-11,16H2,1-3H3. The summed E-state index contributed by atoms with van der Waals surface area (Å²) in [5.41, 5.74) is 5.93. The molecule has 0 aromatic rings. The fourth-order valence-electron chi connectivity index (χ4n) is 3.34. The topological polar surface area (TPSA) is 49.5 Å². The van der Waals surface area contributed by atoms with Crippen LogP contribution in [0.4, 0.5) is 0 Å². The molecule has 0 amide bonds. The Bertz CT molecular complexity index is 221. The second-order valence-corrected chi connectivity index (χ2v) is 6.15. The lowest BCUT2D eigenvalue weighted by atomic mass is 9.76. The normalized spacial score (nSPS) is 30.7. The third-order valence-electron chi connectivity index (χ3n) is 4.53. The number of hydrogen-bond donors (Lipinski definition) is 2. The smallest absolute Gasteiger partial charge is 0.0524 e. The van der Waals surface area contributed by atoms with E-state index in [4.69, 9.17) is 5.73 Å². The third-order valence-corrected chi connectivity index (χ3v) is 4.53. The van der Waals surface area contributed by atoms with Crippen molar-refractivity contribution in [3.8, 4) is 0 Å². The highest BCUT2D eigenvalue weighted by Gasteiger charge is 2.31. The Morgan fingerprint density at radius 1 is 1.39 bits per heavy atom. The molecule has 4 unspecified atom stereocenters. The molecule has 3 heteroatoms. The Morgan fingerprint density at radius 2 is 2.11 bits per heavy atom. The van der Waals surface area contributed by atoms with Gasteiger partial charge in [0.2, 0.25) is 0 Å². The van der Waals surface area contributed by atoms with Crippen LogP contribution in [-0.2, 0) is 0 Å². The van der Waals surface area contributed by atoms with Crippen LogP contribution in [0.1, 0.15) is 52.4 Å². The lowest BCUT2D eigenvalue weighted by Gasteiger charge is -2.41.